The van der Waals surface area contributed by atoms with Gasteiger partial charge in [0.1, 0.15) is 5.75 Å². The lowest BCUT2D eigenvalue weighted by atomic mass is 10.1. The van der Waals surface area contributed by atoms with Crippen LogP contribution in [0.3, 0.4) is 0 Å². The highest BCUT2D eigenvalue weighted by molar-refractivity contribution is 5.74. The highest BCUT2D eigenvalue weighted by Gasteiger charge is 2.30. The summed E-state index contributed by atoms with van der Waals surface area (Å²) < 4.78 is 43.7. The van der Waals surface area contributed by atoms with Gasteiger partial charge in [0.25, 0.3) is 0 Å². The maximum Gasteiger partial charge on any atom is 0.416 e. The van der Waals surface area contributed by atoms with E-state index in [0.29, 0.717) is 19.7 Å². The summed E-state index contributed by atoms with van der Waals surface area (Å²) in [6.45, 7) is 6.19. The van der Waals surface area contributed by atoms with E-state index in [1.807, 2.05) is 31.2 Å². The fraction of sp³-hybridized carbons (Fsp3) is 0.375. The fourth-order valence-corrected chi connectivity index (χ4v) is 3.38. The molecule has 1 aliphatic heterocycles. The van der Waals surface area contributed by atoms with Crippen molar-refractivity contribution in [1.82, 2.24) is 15.1 Å². The summed E-state index contributed by atoms with van der Waals surface area (Å²) in [6, 6.07) is 12.6. The lowest BCUT2D eigenvalue weighted by molar-refractivity contribution is -0.137. The first-order valence-corrected chi connectivity index (χ1v) is 10.5. The van der Waals surface area contributed by atoms with Crippen LogP contribution in [-0.2, 0) is 12.7 Å². The summed E-state index contributed by atoms with van der Waals surface area (Å²) in [7, 11) is 0. The van der Waals surface area contributed by atoms with E-state index < -0.39 is 11.7 Å². The Hall–Kier alpha value is -3.18. The Kier molecular flexibility index (Phi) is 8.01. The Labute approximate surface area is 186 Å². The number of amides is 2. The van der Waals surface area contributed by atoms with Crippen LogP contribution in [0.15, 0.2) is 48.5 Å². The van der Waals surface area contributed by atoms with Gasteiger partial charge in [-0.2, -0.15) is 13.2 Å². The van der Waals surface area contributed by atoms with E-state index >= 15 is 0 Å². The number of ether oxygens (including phenoxy) is 1. The zero-order valence-electron chi connectivity index (χ0n) is 17.9. The van der Waals surface area contributed by atoms with Crippen molar-refractivity contribution in [3.05, 3.63) is 65.2 Å². The molecule has 1 aliphatic rings. The molecule has 0 bridgehead atoms. The molecule has 8 heteroatoms. The quantitative estimate of drug-likeness (QED) is 0.708. The van der Waals surface area contributed by atoms with Crippen LogP contribution in [0.5, 0.6) is 5.75 Å². The monoisotopic (exact) mass is 445 g/mol. The molecular formula is C24H26F3N3O2. The van der Waals surface area contributed by atoms with E-state index in [4.69, 9.17) is 4.74 Å². The predicted octanol–water partition coefficient (Wildman–Crippen LogP) is 3.98. The Bertz CT molecular complexity index is 957. The van der Waals surface area contributed by atoms with Crippen molar-refractivity contribution in [1.29, 1.82) is 0 Å². The number of nitrogens with one attached hydrogen (secondary N) is 1. The molecule has 2 amide bonds. The number of urea groups is 1. The van der Waals surface area contributed by atoms with Crippen molar-refractivity contribution in [2.75, 3.05) is 39.3 Å². The topological polar surface area (TPSA) is 44.8 Å². The molecule has 2 aromatic rings. The number of alkyl halides is 3. The molecule has 0 aromatic heterocycles. The number of carbonyl (C=O) groups excluding carboxylic acids is 1. The Morgan fingerprint density at radius 3 is 2.47 bits per heavy atom. The first-order valence-electron chi connectivity index (χ1n) is 10.5. The number of halogens is 3. The van der Waals surface area contributed by atoms with E-state index in [2.05, 4.69) is 22.1 Å². The molecule has 2 aromatic carbocycles. The molecule has 0 atom stereocenters. The van der Waals surface area contributed by atoms with Crippen molar-refractivity contribution < 1.29 is 22.7 Å². The molecule has 0 unspecified atom stereocenters. The van der Waals surface area contributed by atoms with E-state index in [1.165, 1.54) is 17.7 Å². The standard InChI is InChI=1S/C24H26F3N3O2/c1-2-32-22-10-8-20(9-11-22)18-29-13-15-30(16-14-29)23(31)28-12-4-6-19-5-3-7-21(17-19)24(25,26)27/h3,5,7-11,17H,2,12-16,18H2,1H3,(H,28,31). The van der Waals surface area contributed by atoms with Gasteiger partial charge in [0, 0.05) is 38.3 Å². The van der Waals surface area contributed by atoms with Gasteiger partial charge in [-0.3, -0.25) is 4.90 Å². The first kappa shape index (κ1) is 23.5. The van der Waals surface area contributed by atoms with E-state index in [1.54, 1.807) is 4.90 Å². The smallest absolute Gasteiger partial charge is 0.416 e. The summed E-state index contributed by atoms with van der Waals surface area (Å²) in [5.74, 6) is 6.23. The third-order valence-corrected chi connectivity index (χ3v) is 5.05. The van der Waals surface area contributed by atoms with E-state index in [9.17, 15) is 18.0 Å². The van der Waals surface area contributed by atoms with Crippen LogP contribution >= 0.6 is 0 Å². The number of benzene rings is 2. The van der Waals surface area contributed by atoms with Gasteiger partial charge in [-0.25, -0.2) is 4.79 Å². The lowest BCUT2D eigenvalue weighted by Crippen LogP contribution is -2.51. The summed E-state index contributed by atoms with van der Waals surface area (Å²) in [6.07, 6.45) is -4.40. The Balaban J connectivity index is 1.41. The normalized spacial score (nSPS) is 14.4. The summed E-state index contributed by atoms with van der Waals surface area (Å²) >= 11 is 0. The summed E-state index contributed by atoms with van der Waals surface area (Å²) in [5, 5.41) is 2.71. The maximum atomic E-state index is 12.7. The number of hydrogen-bond donors (Lipinski definition) is 1. The number of carbonyl (C=O) groups is 1. The predicted molar refractivity (Wildman–Crippen MR) is 116 cm³/mol. The molecule has 32 heavy (non-hydrogen) atoms. The van der Waals surface area contributed by atoms with Gasteiger partial charge in [-0.15, -0.1) is 0 Å². The van der Waals surface area contributed by atoms with Crippen molar-refractivity contribution in [3.63, 3.8) is 0 Å². The molecule has 5 nitrogen and oxygen atoms in total. The van der Waals surface area contributed by atoms with Crippen LogP contribution in [0.4, 0.5) is 18.0 Å². The second kappa shape index (κ2) is 10.9. The highest BCUT2D eigenvalue weighted by Crippen LogP contribution is 2.29. The molecule has 1 N–H and O–H groups in total. The number of hydrogen-bond acceptors (Lipinski definition) is 3. The molecule has 170 valence electrons. The van der Waals surface area contributed by atoms with Gasteiger partial charge >= 0.3 is 12.2 Å². The largest absolute Gasteiger partial charge is 0.494 e. The maximum absolute atomic E-state index is 12.7. The van der Waals surface area contributed by atoms with Crippen molar-refractivity contribution in [2.24, 2.45) is 0 Å². The van der Waals surface area contributed by atoms with Gasteiger partial charge in [0.15, 0.2) is 0 Å². The van der Waals surface area contributed by atoms with Gasteiger partial charge in [0.05, 0.1) is 18.7 Å². The van der Waals surface area contributed by atoms with Gasteiger partial charge in [-0.1, -0.05) is 30.0 Å². The molecule has 0 saturated carbocycles. The van der Waals surface area contributed by atoms with E-state index in [-0.39, 0.29) is 18.1 Å². The van der Waals surface area contributed by atoms with E-state index in [0.717, 1.165) is 37.5 Å². The van der Waals surface area contributed by atoms with Crippen molar-refractivity contribution in [2.45, 2.75) is 19.6 Å². The van der Waals surface area contributed by atoms with Crippen LogP contribution in [0.25, 0.3) is 0 Å². The van der Waals surface area contributed by atoms with Crippen molar-refractivity contribution in [3.8, 4) is 17.6 Å². The van der Waals surface area contributed by atoms with Gasteiger partial charge < -0.3 is 15.0 Å². The minimum absolute atomic E-state index is 0.0709. The fourth-order valence-electron chi connectivity index (χ4n) is 3.38. The lowest BCUT2D eigenvalue weighted by Gasteiger charge is -2.34. The molecule has 1 heterocycles. The molecule has 0 aliphatic carbocycles. The van der Waals surface area contributed by atoms with Crippen LogP contribution in [0.2, 0.25) is 0 Å². The number of piperazine rings is 1. The SMILES string of the molecule is CCOc1ccc(CN2CCN(C(=O)NCC#Cc3cccc(C(F)(F)F)c3)CC2)cc1. The van der Waals surface area contributed by atoms with Crippen LogP contribution < -0.4 is 10.1 Å². The summed E-state index contributed by atoms with van der Waals surface area (Å²) in [5.41, 5.74) is 0.713. The minimum atomic E-state index is -4.40. The van der Waals surface area contributed by atoms with Crippen LogP contribution in [-0.4, -0.2) is 55.2 Å². The first-order chi connectivity index (χ1) is 15.3. The van der Waals surface area contributed by atoms with Gasteiger partial charge in [-0.05, 0) is 42.8 Å². The Morgan fingerprint density at radius 1 is 1.09 bits per heavy atom. The third-order valence-electron chi connectivity index (χ3n) is 5.05. The minimum Gasteiger partial charge on any atom is -0.494 e. The summed E-state index contributed by atoms with van der Waals surface area (Å²) in [4.78, 5) is 16.3. The Morgan fingerprint density at radius 2 is 1.81 bits per heavy atom. The average molecular weight is 445 g/mol. The number of nitrogens with zero attached hydrogens (tertiary/aromatic N) is 2. The molecule has 3 rings (SSSR count). The average Bonchev–Trinajstić information content (AvgIpc) is 2.78. The van der Waals surface area contributed by atoms with Crippen molar-refractivity contribution >= 4 is 6.03 Å². The zero-order valence-corrected chi connectivity index (χ0v) is 17.9. The molecule has 0 spiro atoms. The molecule has 1 saturated heterocycles. The second-order valence-electron chi connectivity index (χ2n) is 7.38. The third kappa shape index (κ3) is 6.92. The molecule has 0 radical (unpaired) electrons. The number of rotatable bonds is 5. The van der Waals surface area contributed by atoms with Crippen LogP contribution in [0, 0.1) is 11.8 Å². The van der Waals surface area contributed by atoms with Crippen LogP contribution in [0.1, 0.15) is 23.6 Å². The molecular weight excluding hydrogens is 419 g/mol. The second-order valence-corrected chi connectivity index (χ2v) is 7.38. The molecule has 1 fully saturated rings. The zero-order chi connectivity index (χ0) is 23.0. The highest BCUT2D eigenvalue weighted by atomic mass is 19.4. The van der Waals surface area contributed by atoms with Gasteiger partial charge in [0.2, 0.25) is 0 Å².